The number of rotatable bonds is 3. The van der Waals surface area contributed by atoms with Gasteiger partial charge in [-0.3, -0.25) is 0 Å². The van der Waals surface area contributed by atoms with Gasteiger partial charge < -0.3 is 5.32 Å². The molecular weight excluding hydrogens is 222 g/mol. The predicted molar refractivity (Wildman–Crippen MR) is 71.1 cm³/mol. The summed E-state index contributed by atoms with van der Waals surface area (Å²) >= 11 is 0. The highest BCUT2D eigenvalue weighted by Crippen LogP contribution is 2.31. The number of fused-ring (bicyclic) bond motifs is 1. The highest BCUT2D eigenvalue weighted by Gasteiger charge is 2.21. The Labute approximate surface area is 107 Å². The molecule has 1 aliphatic carbocycles. The molecule has 1 aromatic carbocycles. The van der Waals surface area contributed by atoms with Crippen LogP contribution in [0.3, 0.4) is 0 Å². The molecule has 0 saturated heterocycles. The van der Waals surface area contributed by atoms with E-state index in [4.69, 9.17) is 0 Å². The van der Waals surface area contributed by atoms with Crippen LogP contribution in [0.1, 0.15) is 34.8 Å². The van der Waals surface area contributed by atoms with E-state index in [0.29, 0.717) is 6.04 Å². The quantitative estimate of drug-likeness (QED) is 0.894. The lowest BCUT2D eigenvalue weighted by Crippen LogP contribution is -2.19. The van der Waals surface area contributed by atoms with Crippen LogP contribution in [0, 0.1) is 6.92 Å². The topological polar surface area (TPSA) is 37.8 Å². The summed E-state index contributed by atoms with van der Waals surface area (Å²) in [6, 6.07) is 11.2. The summed E-state index contributed by atoms with van der Waals surface area (Å²) in [5.41, 5.74) is 5.27. The van der Waals surface area contributed by atoms with E-state index in [1.807, 2.05) is 12.1 Å². The smallest absolute Gasteiger partial charge is 0.0769 e. The first-order valence-corrected chi connectivity index (χ1v) is 6.42. The van der Waals surface area contributed by atoms with Crippen LogP contribution in [0.4, 0.5) is 0 Å². The van der Waals surface area contributed by atoms with Crippen molar-refractivity contribution in [3.05, 3.63) is 58.9 Å². The maximum atomic E-state index is 4.10. The molecule has 0 saturated carbocycles. The van der Waals surface area contributed by atoms with Gasteiger partial charge in [-0.15, -0.1) is 0 Å². The molecule has 0 amide bonds. The zero-order valence-corrected chi connectivity index (χ0v) is 10.6. The van der Waals surface area contributed by atoms with E-state index in [1.54, 1.807) is 6.20 Å². The highest BCUT2D eigenvalue weighted by molar-refractivity contribution is 5.37. The molecule has 1 heterocycles. The van der Waals surface area contributed by atoms with Gasteiger partial charge in [-0.05, 0) is 43.0 Å². The summed E-state index contributed by atoms with van der Waals surface area (Å²) in [7, 11) is 0. The van der Waals surface area contributed by atoms with Gasteiger partial charge in [0, 0.05) is 18.8 Å². The van der Waals surface area contributed by atoms with E-state index in [-0.39, 0.29) is 0 Å². The molecule has 1 unspecified atom stereocenters. The van der Waals surface area contributed by atoms with Crippen molar-refractivity contribution in [2.75, 3.05) is 0 Å². The number of benzene rings is 1. The van der Waals surface area contributed by atoms with Crippen molar-refractivity contribution < 1.29 is 0 Å². The molecular formula is C15H17N3. The second-order valence-electron chi connectivity index (χ2n) is 4.89. The van der Waals surface area contributed by atoms with Crippen molar-refractivity contribution in [3.8, 4) is 0 Å². The molecule has 0 spiro atoms. The van der Waals surface area contributed by atoms with Gasteiger partial charge in [0.25, 0.3) is 0 Å². The predicted octanol–water partition coefficient (Wildman–Crippen LogP) is 2.56. The molecule has 1 aliphatic rings. The zero-order chi connectivity index (χ0) is 12.4. The molecule has 3 rings (SSSR count). The Morgan fingerprint density at radius 1 is 1.33 bits per heavy atom. The molecule has 3 nitrogen and oxygen atoms in total. The zero-order valence-electron chi connectivity index (χ0n) is 10.6. The van der Waals surface area contributed by atoms with Crippen LogP contribution in [0.2, 0.25) is 0 Å². The molecule has 3 heteroatoms. The van der Waals surface area contributed by atoms with Crippen molar-refractivity contribution in [2.24, 2.45) is 0 Å². The minimum absolute atomic E-state index is 0.460. The number of aromatic nitrogens is 2. The van der Waals surface area contributed by atoms with Crippen LogP contribution in [-0.4, -0.2) is 10.2 Å². The van der Waals surface area contributed by atoms with Crippen LogP contribution in [0.25, 0.3) is 0 Å². The van der Waals surface area contributed by atoms with Gasteiger partial charge in [-0.25, -0.2) is 0 Å². The molecule has 18 heavy (non-hydrogen) atoms. The van der Waals surface area contributed by atoms with E-state index < -0.39 is 0 Å². The Bertz CT molecular complexity index is 537. The molecule has 1 atom stereocenters. The maximum absolute atomic E-state index is 4.10. The van der Waals surface area contributed by atoms with Gasteiger partial charge in [-0.2, -0.15) is 10.2 Å². The first-order valence-electron chi connectivity index (χ1n) is 6.42. The van der Waals surface area contributed by atoms with Crippen molar-refractivity contribution in [3.63, 3.8) is 0 Å². The molecule has 0 radical (unpaired) electrons. The minimum atomic E-state index is 0.460. The summed E-state index contributed by atoms with van der Waals surface area (Å²) in [5.74, 6) is 0. The Morgan fingerprint density at radius 3 is 3.11 bits per heavy atom. The van der Waals surface area contributed by atoms with Crippen LogP contribution in [0.15, 0.2) is 36.5 Å². The van der Waals surface area contributed by atoms with Gasteiger partial charge >= 0.3 is 0 Å². The monoisotopic (exact) mass is 239 g/mol. The number of hydrogen-bond donors (Lipinski definition) is 1. The van der Waals surface area contributed by atoms with Gasteiger partial charge in [0.1, 0.15) is 0 Å². The number of nitrogens with one attached hydrogen (secondary N) is 1. The standard InChI is InChI=1S/C15H17N3/c1-11-4-5-12-6-7-15(14(12)9-11)16-10-13-3-2-8-17-18-13/h2-5,8-9,15-16H,6-7,10H2,1H3. The summed E-state index contributed by atoms with van der Waals surface area (Å²) < 4.78 is 0. The van der Waals surface area contributed by atoms with E-state index in [9.17, 15) is 0 Å². The normalized spacial score (nSPS) is 17.7. The van der Waals surface area contributed by atoms with Crippen molar-refractivity contribution in [2.45, 2.75) is 32.4 Å². The van der Waals surface area contributed by atoms with Gasteiger partial charge in [0.2, 0.25) is 0 Å². The van der Waals surface area contributed by atoms with E-state index in [2.05, 4.69) is 40.6 Å². The van der Waals surface area contributed by atoms with Crippen LogP contribution in [-0.2, 0) is 13.0 Å². The maximum Gasteiger partial charge on any atom is 0.0769 e. The lowest BCUT2D eigenvalue weighted by molar-refractivity contribution is 0.522. The largest absolute Gasteiger partial charge is 0.304 e. The Balaban J connectivity index is 1.71. The van der Waals surface area contributed by atoms with E-state index in [1.165, 1.54) is 29.5 Å². The molecule has 0 fully saturated rings. The third kappa shape index (κ3) is 2.27. The molecule has 1 N–H and O–H groups in total. The average Bonchev–Trinajstić information content (AvgIpc) is 2.80. The second-order valence-corrected chi connectivity index (χ2v) is 4.89. The lowest BCUT2D eigenvalue weighted by Gasteiger charge is -2.14. The summed E-state index contributed by atoms with van der Waals surface area (Å²) in [6.45, 7) is 2.93. The third-order valence-electron chi connectivity index (χ3n) is 3.54. The Morgan fingerprint density at radius 2 is 2.28 bits per heavy atom. The van der Waals surface area contributed by atoms with Gasteiger partial charge in [-0.1, -0.05) is 23.8 Å². The lowest BCUT2D eigenvalue weighted by atomic mass is 10.1. The summed E-state index contributed by atoms with van der Waals surface area (Å²) in [5, 5.41) is 11.6. The highest BCUT2D eigenvalue weighted by atomic mass is 15.1. The molecule has 0 aliphatic heterocycles. The van der Waals surface area contributed by atoms with E-state index >= 15 is 0 Å². The molecule has 0 bridgehead atoms. The third-order valence-corrected chi connectivity index (χ3v) is 3.54. The average molecular weight is 239 g/mol. The SMILES string of the molecule is Cc1ccc2c(c1)C(NCc1cccnn1)CC2. The first kappa shape index (κ1) is 11.4. The van der Waals surface area contributed by atoms with Crippen LogP contribution >= 0.6 is 0 Å². The van der Waals surface area contributed by atoms with Crippen molar-refractivity contribution in [1.29, 1.82) is 0 Å². The fourth-order valence-corrected chi connectivity index (χ4v) is 2.59. The van der Waals surface area contributed by atoms with Crippen molar-refractivity contribution >= 4 is 0 Å². The molecule has 1 aromatic heterocycles. The summed E-state index contributed by atoms with van der Waals surface area (Å²) in [6.07, 6.45) is 4.06. The minimum Gasteiger partial charge on any atom is -0.304 e. The number of hydrogen-bond acceptors (Lipinski definition) is 3. The number of aryl methyl sites for hydroxylation is 2. The second kappa shape index (κ2) is 4.86. The Hall–Kier alpha value is -1.74. The Kier molecular flexibility index (Phi) is 3.07. The first-order chi connectivity index (χ1) is 8.83. The van der Waals surface area contributed by atoms with Crippen molar-refractivity contribution in [1.82, 2.24) is 15.5 Å². The molecule has 92 valence electrons. The van der Waals surface area contributed by atoms with Crippen LogP contribution in [0.5, 0.6) is 0 Å². The van der Waals surface area contributed by atoms with E-state index in [0.717, 1.165) is 12.2 Å². The summed E-state index contributed by atoms with van der Waals surface area (Å²) in [4.78, 5) is 0. The molecule has 2 aromatic rings. The number of nitrogens with zero attached hydrogens (tertiary/aromatic N) is 2. The fourth-order valence-electron chi connectivity index (χ4n) is 2.59. The van der Waals surface area contributed by atoms with Gasteiger partial charge in [0.15, 0.2) is 0 Å². The fraction of sp³-hybridized carbons (Fsp3) is 0.333. The van der Waals surface area contributed by atoms with Crippen LogP contribution < -0.4 is 5.32 Å². The van der Waals surface area contributed by atoms with Gasteiger partial charge in [0.05, 0.1) is 5.69 Å².